The average molecular weight is 209 g/mol. The summed E-state index contributed by atoms with van der Waals surface area (Å²) >= 11 is 11.5. The number of nitrogens with one attached hydrogen (secondary N) is 1. The molecule has 0 amide bonds. The molecular weight excluding hydrogens is 199 g/mol. The van der Waals surface area contributed by atoms with Gasteiger partial charge in [-0.2, -0.15) is 4.42 Å². The number of hydrogen-bond acceptors (Lipinski definition) is 4. The number of nitrogens with zero attached hydrogens (tertiary/aromatic N) is 3. The van der Waals surface area contributed by atoms with Crippen LogP contribution in [-0.2, 0) is 0 Å². The number of hydrogen-bond donors (Lipinski definition) is 1. The molecule has 0 radical (unpaired) electrons. The van der Waals surface area contributed by atoms with Crippen LogP contribution in [0, 0.1) is 0 Å². The summed E-state index contributed by atoms with van der Waals surface area (Å²) in [5.41, 5.74) is 0. The van der Waals surface area contributed by atoms with Gasteiger partial charge in [-0.3, -0.25) is 0 Å². The number of halogens is 2. The second kappa shape index (κ2) is 4.54. The molecular formula is C6H10Cl2N4. The van der Waals surface area contributed by atoms with E-state index in [2.05, 4.69) is 16.9 Å². The van der Waals surface area contributed by atoms with E-state index in [1.54, 1.807) is 6.08 Å². The molecule has 0 aromatic carbocycles. The molecule has 1 rings (SSSR count). The molecule has 1 N–H and O–H groups in total. The van der Waals surface area contributed by atoms with Crippen molar-refractivity contribution in [1.29, 1.82) is 0 Å². The maximum absolute atomic E-state index is 5.79. The second-order valence-electron chi connectivity index (χ2n) is 2.26. The quantitative estimate of drug-likeness (QED) is 0.542. The van der Waals surface area contributed by atoms with Crippen molar-refractivity contribution < 1.29 is 0 Å². The van der Waals surface area contributed by atoms with Gasteiger partial charge in [-0.05, 0) is 11.8 Å². The fourth-order valence-corrected chi connectivity index (χ4v) is 1.23. The molecule has 0 aromatic heterocycles. The lowest BCUT2D eigenvalue weighted by atomic mass is 10.6. The van der Waals surface area contributed by atoms with Crippen molar-refractivity contribution in [1.82, 2.24) is 14.2 Å². The molecule has 0 spiro atoms. The summed E-state index contributed by atoms with van der Waals surface area (Å²) in [7, 11) is 0. The zero-order valence-corrected chi connectivity index (χ0v) is 8.02. The lowest BCUT2D eigenvalue weighted by Crippen LogP contribution is -2.44. The maximum atomic E-state index is 5.79. The van der Waals surface area contributed by atoms with Crippen LogP contribution in [0.5, 0.6) is 0 Å². The first kappa shape index (κ1) is 9.64. The third-order valence-corrected chi connectivity index (χ3v) is 1.77. The minimum Gasteiger partial charge on any atom is -0.352 e. The van der Waals surface area contributed by atoms with Crippen molar-refractivity contribution in [3.05, 3.63) is 12.7 Å². The molecule has 4 nitrogen and oxygen atoms in total. The van der Waals surface area contributed by atoms with Gasteiger partial charge in [0.2, 0.25) is 5.96 Å². The van der Waals surface area contributed by atoms with Gasteiger partial charge < -0.3 is 5.32 Å². The molecule has 0 bridgehead atoms. The van der Waals surface area contributed by atoms with Crippen LogP contribution in [0.25, 0.3) is 0 Å². The van der Waals surface area contributed by atoms with Crippen molar-refractivity contribution >= 4 is 29.5 Å². The van der Waals surface area contributed by atoms with Gasteiger partial charge in [0.25, 0.3) is 0 Å². The molecule has 1 aliphatic rings. The fourth-order valence-electron chi connectivity index (χ4n) is 0.772. The first-order valence-electron chi connectivity index (χ1n) is 3.47. The number of rotatable bonds is 2. The van der Waals surface area contributed by atoms with Crippen molar-refractivity contribution in [3.63, 3.8) is 0 Å². The van der Waals surface area contributed by atoms with E-state index >= 15 is 0 Å². The summed E-state index contributed by atoms with van der Waals surface area (Å²) in [5.74, 6) is 0.633. The molecule has 0 atom stereocenters. The molecule has 0 unspecified atom stereocenters. The van der Waals surface area contributed by atoms with Gasteiger partial charge in [-0.15, -0.1) is 6.58 Å². The van der Waals surface area contributed by atoms with E-state index in [4.69, 9.17) is 23.6 Å². The van der Waals surface area contributed by atoms with Crippen LogP contribution in [-0.4, -0.2) is 34.7 Å². The highest BCUT2D eigenvalue weighted by molar-refractivity contribution is 6.22. The predicted octanol–water partition coefficient (Wildman–Crippen LogP) is 0.958. The van der Waals surface area contributed by atoms with Gasteiger partial charge in [0.1, 0.15) is 13.3 Å². The summed E-state index contributed by atoms with van der Waals surface area (Å²) in [6.45, 7) is 5.11. The third kappa shape index (κ3) is 2.55. The van der Waals surface area contributed by atoms with Gasteiger partial charge in [0, 0.05) is 18.3 Å². The van der Waals surface area contributed by atoms with Crippen LogP contribution in [0.3, 0.4) is 0 Å². The minimum atomic E-state index is 0.449. The van der Waals surface area contributed by atoms with Crippen LogP contribution >= 0.6 is 23.6 Å². The Morgan fingerprint density at radius 2 is 2.42 bits per heavy atom. The first-order chi connectivity index (χ1) is 5.74. The molecule has 0 saturated heterocycles. The van der Waals surface area contributed by atoms with Crippen LogP contribution in [0.4, 0.5) is 0 Å². The average Bonchev–Trinajstić information content (AvgIpc) is 2.03. The Labute approximate surface area is 81.7 Å². The smallest absolute Gasteiger partial charge is 0.211 e. The molecule has 1 heterocycles. The number of aliphatic imine (C=N–C) groups is 1. The van der Waals surface area contributed by atoms with E-state index in [0.717, 1.165) is 0 Å². The fraction of sp³-hybridized carbons (Fsp3) is 0.500. The largest absolute Gasteiger partial charge is 0.352 e. The lowest BCUT2D eigenvalue weighted by molar-refractivity contribution is 0.355. The molecule has 12 heavy (non-hydrogen) atoms. The molecule has 68 valence electrons. The summed E-state index contributed by atoms with van der Waals surface area (Å²) < 4.78 is 2.89. The minimum absolute atomic E-state index is 0.449. The third-order valence-electron chi connectivity index (χ3n) is 1.29. The topological polar surface area (TPSA) is 30.9 Å². The highest BCUT2D eigenvalue weighted by Gasteiger charge is 2.16. The standard InChI is InChI=1S/C6H10Cl2N4/c1-2-3-9-6-10-4-11(7)5-12(6)8/h2H,1,3-5H2,(H,9,10). The van der Waals surface area contributed by atoms with Gasteiger partial charge in [0.05, 0.1) is 0 Å². The normalized spacial score (nSPS) is 18.8. The van der Waals surface area contributed by atoms with E-state index in [1.807, 2.05) is 0 Å². The van der Waals surface area contributed by atoms with E-state index in [0.29, 0.717) is 25.8 Å². The van der Waals surface area contributed by atoms with Crippen LogP contribution in [0.15, 0.2) is 17.6 Å². The summed E-state index contributed by atoms with van der Waals surface area (Å²) in [6, 6.07) is 0. The Balaban J connectivity index is 2.46. The summed E-state index contributed by atoms with van der Waals surface area (Å²) in [4.78, 5) is 4.07. The lowest BCUT2D eigenvalue weighted by Gasteiger charge is -2.26. The van der Waals surface area contributed by atoms with Crippen molar-refractivity contribution in [2.45, 2.75) is 0 Å². The van der Waals surface area contributed by atoms with Gasteiger partial charge in [-0.25, -0.2) is 9.41 Å². The van der Waals surface area contributed by atoms with Gasteiger partial charge >= 0.3 is 0 Å². The van der Waals surface area contributed by atoms with E-state index < -0.39 is 0 Å². The van der Waals surface area contributed by atoms with E-state index in [-0.39, 0.29) is 0 Å². The highest BCUT2D eigenvalue weighted by Crippen LogP contribution is 2.07. The molecule has 0 aliphatic carbocycles. The van der Waals surface area contributed by atoms with E-state index in [9.17, 15) is 0 Å². The SMILES string of the molecule is C=CCNC1=NCN(Cl)CN1Cl. The first-order valence-corrected chi connectivity index (χ1v) is 4.15. The Morgan fingerprint density at radius 3 is 3.00 bits per heavy atom. The van der Waals surface area contributed by atoms with Crippen LogP contribution in [0.1, 0.15) is 0 Å². The second-order valence-corrected chi connectivity index (χ2v) is 3.15. The Hall–Kier alpha value is -0.450. The zero-order chi connectivity index (χ0) is 8.97. The molecule has 0 aromatic rings. The zero-order valence-electron chi connectivity index (χ0n) is 6.50. The summed E-state index contributed by atoms with van der Waals surface area (Å²) in [6.07, 6.45) is 1.74. The Bertz CT molecular complexity index is 194. The molecule has 0 saturated carbocycles. The van der Waals surface area contributed by atoms with E-state index in [1.165, 1.54) is 8.84 Å². The van der Waals surface area contributed by atoms with Crippen LogP contribution < -0.4 is 5.32 Å². The Kier molecular flexibility index (Phi) is 3.65. The molecule has 0 fully saturated rings. The monoisotopic (exact) mass is 208 g/mol. The predicted molar refractivity (Wildman–Crippen MR) is 50.8 cm³/mol. The summed E-state index contributed by atoms with van der Waals surface area (Å²) in [5, 5.41) is 2.98. The van der Waals surface area contributed by atoms with Crippen LogP contribution in [0.2, 0.25) is 0 Å². The van der Waals surface area contributed by atoms with Crippen molar-refractivity contribution in [2.75, 3.05) is 19.9 Å². The van der Waals surface area contributed by atoms with Gasteiger partial charge in [-0.1, -0.05) is 6.08 Å². The molecule has 6 heteroatoms. The highest BCUT2D eigenvalue weighted by atomic mass is 35.5. The van der Waals surface area contributed by atoms with Gasteiger partial charge in [0.15, 0.2) is 0 Å². The Morgan fingerprint density at radius 1 is 1.67 bits per heavy atom. The van der Waals surface area contributed by atoms with Crippen molar-refractivity contribution in [3.8, 4) is 0 Å². The number of guanidine groups is 1. The maximum Gasteiger partial charge on any atom is 0.211 e. The van der Waals surface area contributed by atoms with Crippen molar-refractivity contribution in [2.24, 2.45) is 4.99 Å². The molecule has 1 aliphatic heterocycles.